The van der Waals surface area contributed by atoms with Gasteiger partial charge in [-0.2, -0.15) is 0 Å². The number of hydrogen-bond donors (Lipinski definition) is 2. The second-order valence-electron chi connectivity index (χ2n) is 4.76. The van der Waals surface area contributed by atoms with Crippen molar-refractivity contribution in [3.8, 4) is 0 Å². The molecule has 0 aliphatic rings. The molecular weight excluding hydrogens is 290 g/mol. The maximum atomic E-state index is 12.2. The van der Waals surface area contributed by atoms with Gasteiger partial charge in [-0.25, -0.2) is 18.1 Å². The summed E-state index contributed by atoms with van der Waals surface area (Å²) in [6.45, 7) is 4.39. The molecule has 21 heavy (non-hydrogen) atoms. The smallest absolute Gasteiger partial charge is 0.242 e. The van der Waals surface area contributed by atoms with E-state index < -0.39 is 10.0 Å². The molecule has 0 saturated heterocycles. The molecule has 0 fully saturated rings. The van der Waals surface area contributed by atoms with Crippen molar-refractivity contribution < 1.29 is 8.42 Å². The number of nitrogens with zero attached hydrogens (tertiary/aromatic N) is 3. The number of rotatable bonds is 8. The second kappa shape index (κ2) is 6.88. The van der Waals surface area contributed by atoms with Crippen molar-refractivity contribution in [3.63, 3.8) is 0 Å². The van der Waals surface area contributed by atoms with Crippen LogP contribution in [0.4, 0.5) is 0 Å². The predicted molar refractivity (Wildman–Crippen MR) is 80.2 cm³/mol. The summed E-state index contributed by atoms with van der Waals surface area (Å²) < 4.78 is 30.7. The first-order valence-electron chi connectivity index (χ1n) is 6.84. The summed E-state index contributed by atoms with van der Waals surface area (Å²) in [7, 11) is -1.63. The number of sulfonamides is 1. The quantitative estimate of drug-likeness (QED) is 0.735. The molecule has 0 atom stereocenters. The van der Waals surface area contributed by atoms with Crippen molar-refractivity contribution in [1.82, 2.24) is 24.2 Å². The first-order chi connectivity index (χ1) is 10.0. The Morgan fingerprint density at radius 2 is 2.19 bits per heavy atom. The van der Waals surface area contributed by atoms with Crippen molar-refractivity contribution in [2.24, 2.45) is 7.05 Å². The lowest BCUT2D eigenvalue weighted by molar-refractivity contribution is 0.572. The summed E-state index contributed by atoms with van der Waals surface area (Å²) in [6.07, 6.45) is 6.75. The van der Waals surface area contributed by atoms with Gasteiger partial charge in [0, 0.05) is 51.0 Å². The van der Waals surface area contributed by atoms with Crippen molar-refractivity contribution in [3.05, 3.63) is 36.7 Å². The van der Waals surface area contributed by atoms with E-state index in [2.05, 4.69) is 15.0 Å². The second-order valence-corrected chi connectivity index (χ2v) is 6.52. The molecule has 2 aromatic rings. The Labute approximate surface area is 125 Å². The standard InChI is InChI=1S/C13H21N5O2S/c1-3-14-9-12-8-13(10-17(12)2)21(19,20)16-5-7-18-6-4-15-11-18/h4,6,8,10-11,14,16H,3,5,7,9H2,1-2H3. The fourth-order valence-corrected chi connectivity index (χ4v) is 3.08. The van der Waals surface area contributed by atoms with Gasteiger partial charge in [0.25, 0.3) is 0 Å². The molecule has 0 aliphatic heterocycles. The molecule has 0 unspecified atom stereocenters. The van der Waals surface area contributed by atoms with Crippen molar-refractivity contribution >= 4 is 10.0 Å². The van der Waals surface area contributed by atoms with Crippen LogP contribution in [0, 0.1) is 0 Å². The van der Waals surface area contributed by atoms with Gasteiger partial charge in [-0.15, -0.1) is 0 Å². The van der Waals surface area contributed by atoms with Gasteiger partial charge in [0.1, 0.15) is 0 Å². The number of aromatic nitrogens is 3. The lowest BCUT2D eigenvalue weighted by atomic mass is 10.4. The normalized spacial score (nSPS) is 11.9. The number of hydrogen-bond acceptors (Lipinski definition) is 4. The molecule has 0 aromatic carbocycles. The van der Waals surface area contributed by atoms with Crippen LogP contribution in [0.15, 0.2) is 35.9 Å². The molecule has 2 N–H and O–H groups in total. The highest BCUT2D eigenvalue weighted by Gasteiger charge is 2.16. The van der Waals surface area contributed by atoms with Gasteiger partial charge in [-0.1, -0.05) is 6.92 Å². The SMILES string of the molecule is CCNCc1cc(S(=O)(=O)NCCn2ccnc2)cn1C. The van der Waals surface area contributed by atoms with E-state index in [0.29, 0.717) is 24.5 Å². The number of nitrogens with one attached hydrogen (secondary N) is 2. The lowest BCUT2D eigenvalue weighted by Crippen LogP contribution is -2.27. The number of aryl methyl sites for hydroxylation is 1. The molecule has 0 spiro atoms. The summed E-state index contributed by atoms with van der Waals surface area (Å²) in [5.41, 5.74) is 0.937. The Hall–Kier alpha value is -1.64. The molecule has 0 bridgehead atoms. The minimum Gasteiger partial charge on any atom is -0.352 e. The van der Waals surface area contributed by atoms with Crippen LogP contribution in [0.25, 0.3) is 0 Å². The average molecular weight is 311 g/mol. The monoisotopic (exact) mass is 311 g/mol. The fourth-order valence-electron chi connectivity index (χ4n) is 1.96. The van der Waals surface area contributed by atoms with Crippen molar-refractivity contribution in [1.29, 1.82) is 0 Å². The minimum absolute atomic E-state index is 0.295. The fraction of sp³-hybridized carbons (Fsp3) is 0.462. The summed E-state index contributed by atoms with van der Waals surface area (Å²) in [5.74, 6) is 0. The number of imidazole rings is 1. The summed E-state index contributed by atoms with van der Waals surface area (Å²) in [6, 6.07) is 1.70. The maximum absolute atomic E-state index is 12.2. The van der Waals surface area contributed by atoms with Gasteiger partial charge in [-0.3, -0.25) is 0 Å². The van der Waals surface area contributed by atoms with E-state index in [4.69, 9.17) is 0 Å². The van der Waals surface area contributed by atoms with Crippen molar-refractivity contribution in [2.75, 3.05) is 13.1 Å². The van der Waals surface area contributed by atoms with Crippen LogP contribution < -0.4 is 10.0 Å². The third kappa shape index (κ3) is 4.16. The molecule has 0 saturated carbocycles. The average Bonchev–Trinajstić information content (AvgIpc) is 3.06. The largest absolute Gasteiger partial charge is 0.352 e. The zero-order chi connectivity index (χ0) is 15.3. The van der Waals surface area contributed by atoms with Gasteiger partial charge < -0.3 is 14.5 Å². The Morgan fingerprint density at radius 3 is 2.86 bits per heavy atom. The first-order valence-corrected chi connectivity index (χ1v) is 8.32. The molecule has 2 aromatic heterocycles. The molecule has 0 radical (unpaired) electrons. The lowest BCUT2D eigenvalue weighted by Gasteiger charge is -2.05. The Balaban J connectivity index is 1.98. The first kappa shape index (κ1) is 15.7. The Bertz CT molecular complexity index is 661. The minimum atomic E-state index is -3.47. The van der Waals surface area contributed by atoms with Gasteiger partial charge in [0.05, 0.1) is 11.2 Å². The third-order valence-electron chi connectivity index (χ3n) is 3.17. The molecule has 116 valence electrons. The zero-order valence-electron chi connectivity index (χ0n) is 12.3. The van der Waals surface area contributed by atoms with Gasteiger partial charge in [0.2, 0.25) is 10.0 Å². The molecule has 0 aliphatic carbocycles. The van der Waals surface area contributed by atoms with Gasteiger partial charge in [0.15, 0.2) is 0 Å². The van der Waals surface area contributed by atoms with Crippen LogP contribution in [0.2, 0.25) is 0 Å². The highest BCUT2D eigenvalue weighted by Crippen LogP contribution is 2.13. The van der Waals surface area contributed by atoms with E-state index >= 15 is 0 Å². The van der Waals surface area contributed by atoms with E-state index in [1.165, 1.54) is 0 Å². The Kier molecular flexibility index (Phi) is 5.16. The van der Waals surface area contributed by atoms with Crippen LogP contribution in [0.1, 0.15) is 12.6 Å². The third-order valence-corrected chi connectivity index (χ3v) is 4.60. The van der Waals surface area contributed by atoms with E-state index in [1.807, 2.05) is 23.1 Å². The molecule has 7 nitrogen and oxygen atoms in total. The molecule has 8 heteroatoms. The molecular formula is C13H21N5O2S. The van der Waals surface area contributed by atoms with E-state index in [9.17, 15) is 8.42 Å². The molecule has 0 amide bonds. The van der Waals surface area contributed by atoms with Crippen molar-refractivity contribution in [2.45, 2.75) is 24.9 Å². The Morgan fingerprint density at radius 1 is 1.38 bits per heavy atom. The van der Waals surface area contributed by atoms with Crippen LogP contribution >= 0.6 is 0 Å². The summed E-state index contributed by atoms with van der Waals surface area (Å²) in [5, 5.41) is 3.19. The molecule has 2 heterocycles. The highest BCUT2D eigenvalue weighted by atomic mass is 32.2. The zero-order valence-corrected chi connectivity index (χ0v) is 13.1. The highest BCUT2D eigenvalue weighted by molar-refractivity contribution is 7.89. The van der Waals surface area contributed by atoms with Crippen LogP contribution in [-0.2, 0) is 30.2 Å². The summed E-state index contributed by atoms with van der Waals surface area (Å²) in [4.78, 5) is 4.21. The van der Waals surface area contributed by atoms with E-state index in [0.717, 1.165) is 12.2 Å². The maximum Gasteiger partial charge on any atom is 0.242 e. The van der Waals surface area contributed by atoms with Gasteiger partial charge >= 0.3 is 0 Å². The van der Waals surface area contributed by atoms with Crippen LogP contribution in [0.3, 0.4) is 0 Å². The van der Waals surface area contributed by atoms with Crippen LogP contribution in [-0.4, -0.2) is 35.6 Å². The predicted octanol–water partition coefficient (Wildman–Crippen LogP) is 0.310. The topological polar surface area (TPSA) is 81.0 Å². The summed E-state index contributed by atoms with van der Waals surface area (Å²) >= 11 is 0. The van der Waals surface area contributed by atoms with E-state index in [1.54, 1.807) is 31.0 Å². The van der Waals surface area contributed by atoms with E-state index in [-0.39, 0.29) is 0 Å². The molecule has 2 rings (SSSR count). The van der Waals surface area contributed by atoms with Gasteiger partial charge in [-0.05, 0) is 12.6 Å². The van der Waals surface area contributed by atoms with Crippen LogP contribution in [0.5, 0.6) is 0 Å².